The predicted octanol–water partition coefficient (Wildman–Crippen LogP) is 3.79. The zero-order valence-corrected chi connectivity index (χ0v) is 16.6. The van der Waals surface area contributed by atoms with E-state index in [1.54, 1.807) is 48.7 Å². The highest BCUT2D eigenvalue weighted by Gasteiger charge is 2.11. The quantitative estimate of drug-likeness (QED) is 0.457. The number of benzene rings is 1. The molecule has 152 valence electrons. The van der Waals surface area contributed by atoms with E-state index in [1.807, 2.05) is 18.3 Å². The van der Waals surface area contributed by atoms with Crippen LogP contribution in [0.25, 0.3) is 0 Å². The van der Waals surface area contributed by atoms with Gasteiger partial charge in [-0.25, -0.2) is 9.78 Å². The van der Waals surface area contributed by atoms with Crippen LogP contribution >= 0.6 is 12.2 Å². The molecule has 1 aromatic carbocycles. The van der Waals surface area contributed by atoms with Crippen LogP contribution in [0.5, 0.6) is 11.5 Å². The lowest BCUT2D eigenvalue weighted by molar-refractivity contribution is 0.102. The van der Waals surface area contributed by atoms with Crippen molar-refractivity contribution < 1.29 is 19.4 Å². The molecule has 0 radical (unpaired) electrons. The molecule has 9 nitrogen and oxygen atoms in total. The Kier molecular flexibility index (Phi) is 6.50. The van der Waals surface area contributed by atoms with Gasteiger partial charge in [0.25, 0.3) is 5.91 Å². The fraction of sp³-hybridized carbons (Fsp3) is 0.0500. The lowest BCUT2D eigenvalue weighted by Crippen LogP contribution is -2.32. The molecule has 2 amide bonds. The number of carbonyl (C=O) groups is 2. The molecule has 0 fully saturated rings. The minimum atomic E-state index is -1.27. The molecule has 2 heterocycles. The van der Waals surface area contributed by atoms with Gasteiger partial charge < -0.3 is 20.5 Å². The summed E-state index contributed by atoms with van der Waals surface area (Å²) in [4.78, 5) is 31.2. The van der Waals surface area contributed by atoms with E-state index in [0.29, 0.717) is 28.7 Å². The van der Waals surface area contributed by atoms with E-state index in [4.69, 9.17) is 22.1 Å². The molecule has 0 saturated heterocycles. The summed E-state index contributed by atoms with van der Waals surface area (Å²) >= 11 is 4.83. The number of aryl methyl sites for hydroxylation is 1. The molecule has 30 heavy (non-hydrogen) atoms. The number of amides is 2. The zero-order valence-electron chi connectivity index (χ0n) is 15.7. The molecule has 0 bridgehead atoms. The Labute approximate surface area is 177 Å². The van der Waals surface area contributed by atoms with Crippen molar-refractivity contribution in [3.05, 3.63) is 72.2 Å². The molecule has 0 spiro atoms. The average molecular weight is 423 g/mol. The summed E-state index contributed by atoms with van der Waals surface area (Å²) < 4.78 is 5.75. The van der Waals surface area contributed by atoms with Crippen molar-refractivity contribution in [2.45, 2.75) is 6.92 Å². The maximum Gasteiger partial charge on any atom is 0.410 e. The number of ether oxygens (including phenoxy) is 1. The van der Waals surface area contributed by atoms with Gasteiger partial charge in [-0.05, 0) is 55.0 Å². The number of nitrogens with one attached hydrogen (secondary N) is 3. The Bertz CT molecular complexity index is 1090. The first-order valence-electron chi connectivity index (χ1n) is 8.68. The van der Waals surface area contributed by atoms with Crippen LogP contribution in [0.1, 0.15) is 16.1 Å². The summed E-state index contributed by atoms with van der Waals surface area (Å²) in [6.45, 7) is 1.82. The van der Waals surface area contributed by atoms with Gasteiger partial charge >= 0.3 is 6.09 Å². The minimum Gasteiger partial charge on any atom is -0.465 e. The van der Waals surface area contributed by atoms with Crippen LogP contribution in [0.4, 0.5) is 16.3 Å². The molecule has 0 unspecified atom stereocenters. The Morgan fingerprint density at radius 1 is 1.03 bits per heavy atom. The highest BCUT2D eigenvalue weighted by Crippen LogP contribution is 2.24. The molecule has 0 atom stereocenters. The topological polar surface area (TPSA) is 125 Å². The van der Waals surface area contributed by atoms with Crippen molar-refractivity contribution in [2.75, 3.05) is 10.6 Å². The second-order valence-corrected chi connectivity index (χ2v) is 6.42. The highest BCUT2D eigenvalue weighted by molar-refractivity contribution is 7.80. The second-order valence-electron chi connectivity index (χ2n) is 6.02. The number of carboxylic acid groups (broad SMARTS) is 1. The van der Waals surface area contributed by atoms with Crippen LogP contribution in [0.15, 0.2) is 60.9 Å². The van der Waals surface area contributed by atoms with E-state index in [0.717, 1.165) is 5.56 Å². The number of anilines is 2. The fourth-order valence-electron chi connectivity index (χ4n) is 2.45. The fourth-order valence-corrected chi connectivity index (χ4v) is 2.64. The van der Waals surface area contributed by atoms with Crippen LogP contribution in [0.3, 0.4) is 0 Å². The third-order valence-corrected chi connectivity index (χ3v) is 3.95. The van der Waals surface area contributed by atoms with Gasteiger partial charge in [0.05, 0.1) is 6.20 Å². The van der Waals surface area contributed by atoms with Gasteiger partial charge in [-0.1, -0.05) is 12.1 Å². The highest BCUT2D eigenvalue weighted by atomic mass is 32.1. The Balaban J connectivity index is 1.64. The molecule has 2 aromatic heterocycles. The standard InChI is InChI=1S/C20H17N5O4S/c1-12-4-3-9-21-17(12)18(26)23-13-5-2-6-14(10-13)29-15-7-8-16(22-11-15)24-19(30)25-20(27)28/h2-11H,1H3,(H,23,26)(H,27,28)(H2,22,24,25,30). The summed E-state index contributed by atoms with van der Waals surface area (Å²) in [5, 5.41) is 16.0. The summed E-state index contributed by atoms with van der Waals surface area (Å²) in [7, 11) is 0. The lowest BCUT2D eigenvalue weighted by atomic mass is 10.2. The second kappa shape index (κ2) is 9.43. The molecule has 0 aliphatic carbocycles. The Morgan fingerprint density at radius 3 is 2.57 bits per heavy atom. The number of hydrogen-bond acceptors (Lipinski definition) is 6. The lowest BCUT2D eigenvalue weighted by Gasteiger charge is -2.10. The van der Waals surface area contributed by atoms with Crippen molar-refractivity contribution in [1.29, 1.82) is 0 Å². The van der Waals surface area contributed by atoms with E-state index in [1.165, 1.54) is 6.20 Å². The van der Waals surface area contributed by atoms with E-state index in [2.05, 4.69) is 20.6 Å². The molecule has 3 rings (SSSR count). The van der Waals surface area contributed by atoms with E-state index in [-0.39, 0.29) is 11.0 Å². The summed E-state index contributed by atoms with van der Waals surface area (Å²) in [6, 6.07) is 13.7. The summed E-state index contributed by atoms with van der Waals surface area (Å²) in [5.41, 5.74) is 1.69. The first kappa shape index (κ1) is 20.7. The van der Waals surface area contributed by atoms with E-state index >= 15 is 0 Å². The van der Waals surface area contributed by atoms with Gasteiger partial charge in [0.2, 0.25) is 0 Å². The smallest absolute Gasteiger partial charge is 0.410 e. The summed E-state index contributed by atoms with van der Waals surface area (Å²) in [5.74, 6) is 0.985. The number of aromatic nitrogens is 2. The molecular formula is C20H17N5O4S. The van der Waals surface area contributed by atoms with E-state index in [9.17, 15) is 9.59 Å². The number of carbonyl (C=O) groups excluding carboxylic acids is 1. The maximum absolute atomic E-state index is 12.4. The SMILES string of the molecule is Cc1cccnc1C(=O)Nc1cccc(Oc2ccc(NC(=S)NC(=O)O)nc2)c1. The largest absolute Gasteiger partial charge is 0.465 e. The van der Waals surface area contributed by atoms with Gasteiger partial charge in [0, 0.05) is 18.0 Å². The number of thiocarbonyl (C=S) groups is 1. The Hall–Kier alpha value is -4.05. The van der Waals surface area contributed by atoms with Crippen molar-refractivity contribution in [3.63, 3.8) is 0 Å². The zero-order chi connectivity index (χ0) is 21.5. The average Bonchev–Trinajstić information content (AvgIpc) is 2.69. The molecule has 3 aromatic rings. The molecule has 0 aliphatic rings. The third-order valence-electron chi connectivity index (χ3n) is 3.75. The van der Waals surface area contributed by atoms with Gasteiger partial charge in [-0.2, -0.15) is 0 Å². The van der Waals surface area contributed by atoms with Gasteiger partial charge in [0.15, 0.2) is 5.11 Å². The van der Waals surface area contributed by atoms with Gasteiger partial charge in [0.1, 0.15) is 23.0 Å². The van der Waals surface area contributed by atoms with Gasteiger partial charge in [-0.15, -0.1) is 0 Å². The predicted molar refractivity (Wildman–Crippen MR) is 115 cm³/mol. The van der Waals surface area contributed by atoms with Crippen molar-refractivity contribution in [2.24, 2.45) is 0 Å². The van der Waals surface area contributed by atoms with Crippen LogP contribution in [-0.4, -0.2) is 32.2 Å². The van der Waals surface area contributed by atoms with Crippen molar-refractivity contribution >= 4 is 40.8 Å². The molecule has 0 aliphatic heterocycles. The molecule has 4 N–H and O–H groups in total. The summed E-state index contributed by atoms with van der Waals surface area (Å²) in [6.07, 6.45) is 1.75. The molecule has 0 saturated carbocycles. The van der Waals surface area contributed by atoms with E-state index < -0.39 is 6.09 Å². The number of nitrogens with zero attached hydrogens (tertiary/aromatic N) is 2. The third kappa shape index (κ3) is 5.72. The number of pyridine rings is 2. The minimum absolute atomic E-state index is 0.0877. The first-order valence-corrected chi connectivity index (χ1v) is 9.09. The Morgan fingerprint density at radius 2 is 1.87 bits per heavy atom. The monoisotopic (exact) mass is 423 g/mol. The van der Waals surface area contributed by atoms with Crippen LogP contribution < -0.4 is 20.7 Å². The van der Waals surface area contributed by atoms with Crippen LogP contribution in [-0.2, 0) is 0 Å². The molecule has 10 heteroatoms. The normalized spacial score (nSPS) is 10.0. The van der Waals surface area contributed by atoms with Crippen LogP contribution in [0.2, 0.25) is 0 Å². The molecular weight excluding hydrogens is 406 g/mol. The maximum atomic E-state index is 12.4. The first-order chi connectivity index (χ1) is 14.4. The van der Waals surface area contributed by atoms with Crippen molar-refractivity contribution in [3.8, 4) is 11.5 Å². The number of hydrogen-bond donors (Lipinski definition) is 4. The van der Waals surface area contributed by atoms with Gasteiger partial charge in [-0.3, -0.25) is 15.1 Å². The van der Waals surface area contributed by atoms with Crippen molar-refractivity contribution in [1.82, 2.24) is 15.3 Å². The van der Waals surface area contributed by atoms with Crippen LogP contribution in [0, 0.1) is 6.92 Å². The number of rotatable bonds is 5.